The van der Waals surface area contributed by atoms with Gasteiger partial charge in [-0.15, -0.1) is 6.58 Å². The molecule has 2 aliphatic carbocycles. The highest BCUT2D eigenvalue weighted by Gasteiger charge is 2.65. The van der Waals surface area contributed by atoms with Gasteiger partial charge in [0.05, 0.1) is 18.2 Å². The number of amides is 2. The number of oxime groups is 1. The fraction of sp³-hybridized carbons (Fsp3) is 0.558. The third kappa shape index (κ3) is 8.40. The number of nitrogens with one attached hydrogen (secondary N) is 1. The molecule has 56 heavy (non-hydrogen) atoms. The predicted octanol–water partition coefficient (Wildman–Crippen LogP) is 6.73. The number of fused-ring (bicyclic) bond motifs is 3. The van der Waals surface area contributed by atoms with E-state index in [1.807, 2.05) is 37.8 Å². The van der Waals surface area contributed by atoms with Gasteiger partial charge in [0.1, 0.15) is 24.1 Å². The van der Waals surface area contributed by atoms with Crippen LogP contribution in [0.3, 0.4) is 0 Å². The third-order valence-corrected chi connectivity index (χ3v) is 11.2. The molecule has 13 nitrogen and oxygen atoms in total. The van der Waals surface area contributed by atoms with Crippen molar-refractivity contribution < 1.29 is 48.3 Å². The average Bonchev–Trinajstić information content (AvgIpc) is 3.68. The van der Waals surface area contributed by atoms with Crippen molar-refractivity contribution in [2.24, 2.45) is 22.9 Å². The van der Waals surface area contributed by atoms with Crippen LogP contribution in [-0.2, 0) is 9.57 Å². The quantitative estimate of drug-likeness (QED) is 0.0794. The zero-order chi connectivity index (χ0) is 39.7. The molecule has 6 rings (SSSR count). The monoisotopic (exact) mass is 775 g/mol. The molecule has 2 aromatic carbocycles. The number of ether oxygens (including phenoxy) is 5. The van der Waals surface area contributed by atoms with Crippen LogP contribution in [-0.4, -0.2) is 91.0 Å². The second-order valence-electron chi connectivity index (χ2n) is 14.7. The van der Waals surface area contributed by atoms with E-state index >= 15 is 0 Å². The molecule has 2 aromatic rings. The minimum Gasteiger partial charge on any atom is -0.459 e. The van der Waals surface area contributed by atoms with Crippen LogP contribution < -0.4 is 24.3 Å². The van der Waals surface area contributed by atoms with Crippen LogP contribution in [0.1, 0.15) is 94.0 Å². The Morgan fingerprint density at radius 1 is 1.02 bits per heavy atom. The standard InChI is InChI=1S/C43H57N3O10/c1-5-19-46(41(49)29-15-17-36-37(24-29)52-27-51-36)38-26-34(45-54-8-4)32-23-28(13-9-11-20-47)31(14-10-12-21-48)39-33-25-30(55-42(50)44-7-3)16-18-35(33)56-43(38,40(32)39)53-22-6-2/h6,15-18,23-25,28,31,38-40,47-48H,2,5,7-14,19-22,26-27H2,1,3-4H3,(H,44,50)/t28-,31+,38-,39+,40+,43+/m0/s1. The number of allylic oxidation sites excluding steroid dienone is 1. The predicted molar refractivity (Wildman–Crippen MR) is 210 cm³/mol. The van der Waals surface area contributed by atoms with Crippen LogP contribution in [0.15, 0.2) is 65.9 Å². The van der Waals surface area contributed by atoms with Crippen molar-refractivity contribution in [1.29, 1.82) is 0 Å². The second kappa shape index (κ2) is 19.0. The van der Waals surface area contributed by atoms with Crippen LogP contribution in [0.2, 0.25) is 0 Å². The van der Waals surface area contributed by atoms with Crippen molar-refractivity contribution in [3.63, 3.8) is 0 Å². The largest absolute Gasteiger partial charge is 0.459 e. The van der Waals surface area contributed by atoms with Crippen molar-refractivity contribution in [1.82, 2.24) is 10.2 Å². The lowest BCUT2D eigenvalue weighted by Crippen LogP contribution is -2.70. The molecule has 0 unspecified atom stereocenters. The van der Waals surface area contributed by atoms with Gasteiger partial charge in [0.15, 0.2) is 11.5 Å². The molecule has 0 aromatic heterocycles. The number of benzene rings is 2. The first-order valence-corrected chi connectivity index (χ1v) is 20.2. The molecule has 0 radical (unpaired) electrons. The molecule has 0 saturated heterocycles. The van der Waals surface area contributed by atoms with Crippen LogP contribution >= 0.6 is 0 Å². The van der Waals surface area contributed by atoms with E-state index in [4.69, 9.17) is 33.7 Å². The number of hydrogen-bond acceptors (Lipinski definition) is 11. The lowest BCUT2D eigenvalue weighted by atomic mass is 9.55. The number of aliphatic hydroxyl groups is 2. The summed E-state index contributed by atoms with van der Waals surface area (Å²) in [6, 6.07) is 10.00. The first-order valence-electron chi connectivity index (χ1n) is 20.2. The normalized spacial score (nSPS) is 25.0. The van der Waals surface area contributed by atoms with Gasteiger partial charge in [0.2, 0.25) is 12.6 Å². The summed E-state index contributed by atoms with van der Waals surface area (Å²) in [4.78, 5) is 35.2. The van der Waals surface area contributed by atoms with E-state index in [0.29, 0.717) is 73.2 Å². The van der Waals surface area contributed by atoms with Crippen molar-refractivity contribution in [2.75, 3.05) is 46.3 Å². The fourth-order valence-electron chi connectivity index (χ4n) is 8.98. The van der Waals surface area contributed by atoms with Crippen LogP contribution in [0.4, 0.5) is 4.79 Å². The van der Waals surface area contributed by atoms with Crippen LogP contribution in [0.25, 0.3) is 0 Å². The van der Waals surface area contributed by atoms with Gasteiger partial charge in [0.25, 0.3) is 5.91 Å². The SMILES string of the molecule is C=CCO[C@@]12Oc3ccc(OC(=O)NCC)cc3[C@H]3[C@H](CCCCO)[C@@H](CCCCO)C=C(C(=NOCC)C[C@@H]1N(CCC)C(=O)c1ccc4c(c1)OCO4)[C@H]32. The molecular weight excluding hydrogens is 718 g/mol. The maximum atomic E-state index is 14.9. The van der Waals surface area contributed by atoms with E-state index in [1.165, 1.54) is 0 Å². The zero-order valence-corrected chi connectivity index (χ0v) is 32.9. The van der Waals surface area contributed by atoms with E-state index < -0.39 is 23.8 Å². The van der Waals surface area contributed by atoms with Gasteiger partial charge in [-0.25, -0.2) is 4.79 Å². The Morgan fingerprint density at radius 3 is 2.52 bits per heavy atom. The highest BCUT2D eigenvalue weighted by atomic mass is 16.7. The van der Waals surface area contributed by atoms with Crippen molar-refractivity contribution in [3.05, 3.63) is 71.8 Å². The fourth-order valence-corrected chi connectivity index (χ4v) is 8.98. The molecule has 0 bridgehead atoms. The molecular formula is C43H57N3O10. The molecule has 6 atom stereocenters. The molecule has 3 N–H and O–H groups in total. The Labute approximate surface area is 329 Å². The minimum absolute atomic E-state index is 0.0272. The van der Waals surface area contributed by atoms with Gasteiger partial charge < -0.3 is 49.0 Å². The molecule has 4 aliphatic rings. The Balaban J connectivity index is 1.58. The summed E-state index contributed by atoms with van der Waals surface area (Å²) >= 11 is 0. The number of unbranched alkanes of at least 4 members (excludes halogenated alkanes) is 2. The van der Waals surface area contributed by atoms with Gasteiger partial charge in [-0.1, -0.05) is 37.1 Å². The third-order valence-electron chi connectivity index (χ3n) is 11.2. The summed E-state index contributed by atoms with van der Waals surface area (Å²) in [6.07, 6.45) is 8.90. The van der Waals surface area contributed by atoms with E-state index in [9.17, 15) is 19.8 Å². The van der Waals surface area contributed by atoms with Crippen molar-refractivity contribution in [3.8, 4) is 23.0 Å². The summed E-state index contributed by atoms with van der Waals surface area (Å²) in [5.41, 5.74) is 2.96. The summed E-state index contributed by atoms with van der Waals surface area (Å²) in [5, 5.41) is 27.1. The van der Waals surface area contributed by atoms with Crippen LogP contribution in [0.5, 0.6) is 23.0 Å². The topological polar surface area (TPSA) is 158 Å². The average molecular weight is 776 g/mol. The van der Waals surface area contributed by atoms with Gasteiger partial charge in [-0.05, 0) is 99.8 Å². The first kappa shape index (κ1) is 41.1. The van der Waals surface area contributed by atoms with E-state index in [2.05, 4.69) is 18.0 Å². The van der Waals surface area contributed by atoms with Crippen LogP contribution in [0, 0.1) is 17.8 Å². The number of carbonyl (C=O) groups is 2. The van der Waals surface area contributed by atoms with Gasteiger partial charge in [-0.2, -0.15) is 0 Å². The van der Waals surface area contributed by atoms with Crippen molar-refractivity contribution >= 4 is 17.7 Å². The van der Waals surface area contributed by atoms with Gasteiger partial charge in [-0.3, -0.25) is 4.79 Å². The van der Waals surface area contributed by atoms with E-state index in [-0.39, 0.29) is 56.7 Å². The lowest BCUT2D eigenvalue weighted by Gasteiger charge is -2.60. The van der Waals surface area contributed by atoms with E-state index in [0.717, 1.165) is 36.8 Å². The maximum Gasteiger partial charge on any atom is 0.412 e. The molecule has 304 valence electrons. The first-order chi connectivity index (χ1) is 27.3. The minimum atomic E-state index is -1.41. The summed E-state index contributed by atoms with van der Waals surface area (Å²) in [6.45, 7) is 11.3. The highest BCUT2D eigenvalue weighted by molar-refractivity contribution is 6.03. The Kier molecular flexibility index (Phi) is 14.0. The van der Waals surface area contributed by atoms with Gasteiger partial charge in [0, 0.05) is 49.8 Å². The molecule has 2 amide bonds. The van der Waals surface area contributed by atoms with Crippen molar-refractivity contribution in [2.45, 2.75) is 89.9 Å². The highest BCUT2D eigenvalue weighted by Crippen LogP contribution is 2.62. The Bertz CT molecular complexity index is 1760. The molecule has 0 spiro atoms. The Morgan fingerprint density at radius 2 is 1.79 bits per heavy atom. The Hall–Kier alpha value is -4.59. The second-order valence-corrected chi connectivity index (χ2v) is 14.7. The molecule has 2 aliphatic heterocycles. The van der Waals surface area contributed by atoms with E-state index in [1.54, 1.807) is 30.3 Å². The molecule has 1 saturated carbocycles. The molecule has 13 heteroatoms. The maximum absolute atomic E-state index is 14.9. The van der Waals surface area contributed by atoms with Gasteiger partial charge >= 0.3 is 6.09 Å². The number of aliphatic hydroxyl groups excluding tert-OH is 2. The summed E-state index contributed by atoms with van der Waals surface area (Å²) in [7, 11) is 0. The summed E-state index contributed by atoms with van der Waals surface area (Å²) < 4.78 is 31.3. The number of rotatable bonds is 19. The number of hydrogen-bond donors (Lipinski definition) is 3. The number of nitrogens with zero attached hydrogens (tertiary/aromatic N) is 2. The summed E-state index contributed by atoms with van der Waals surface area (Å²) in [5.74, 6) is -0.215. The molecule has 2 heterocycles. The molecule has 1 fully saturated rings. The smallest absolute Gasteiger partial charge is 0.412 e. The number of carbonyl (C=O) groups excluding carboxylic acids is 2. The zero-order valence-electron chi connectivity index (χ0n) is 32.9. The lowest BCUT2D eigenvalue weighted by molar-refractivity contribution is -0.254.